The van der Waals surface area contributed by atoms with E-state index < -0.39 is 6.17 Å². The molecule has 0 fully saturated rings. The van der Waals surface area contributed by atoms with Crippen LogP contribution in [0.5, 0.6) is 0 Å². The molecule has 0 radical (unpaired) electrons. The van der Waals surface area contributed by atoms with Gasteiger partial charge in [0.1, 0.15) is 6.17 Å². The zero-order valence-electron chi connectivity index (χ0n) is 27.1. The van der Waals surface area contributed by atoms with E-state index in [-0.39, 0.29) is 6.04 Å². The van der Waals surface area contributed by atoms with Gasteiger partial charge in [0.2, 0.25) is 0 Å². The Morgan fingerprint density at radius 2 is 1.74 bits per heavy atom. The van der Waals surface area contributed by atoms with Crippen molar-refractivity contribution in [2.75, 3.05) is 5.32 Å². The minimum absolute atomic E-state index is 0.0478. The maximum Gasteiger partial charge on any atom is 0.116 e. The molecule has 1 aliphatic heterocycles. The number of halogens is 1. The van der Waals surface area contributed by atoms with Crippen LogP contribution in [-0.2, 0) is 0 Å². The number of aliphatic imine (C=N–C) groups is 1. The molecular weight excluding hydrogens is 523 g/mol. The number of benzene rings is 2. The van der Waals surface area contributed by atoms with Crippen molar-refractivity contribution in [3.8, 4) is 17.5 Å². The smallest absolute Gasteiger partial charge is 0.116 e. The van der Waals surface area contributed by atoms with E-state index in [1.807, 2.05) is 110 Å². The third-order valence-corrected chi connectivity index (χ3v) is 5.49. The summed E-state index contributed by atoms with van der Waals surface area (Å²) in [5, 5.41) is 13.7. The Hall–Kier alpha value is -4.31. The van der Waals surface area contributed by atoms with Crippen LogP contribution >= 0.6 is 0 Å². The molecule has 1 atom stereocenters. The third-order valence-electron chi connectivity index (χ3n) is 5.49. The summed E-state index contributed by atoms with van der Waals surface area (Å²) in [5.74, 6) is 0. The van der Waals surface area contributed by atoms with Crippen molar-refractivity contribution in [2.45, 2.75) is 88.4 Å². The first-order chi connectivity index (χ1) is 20.2. The molecular formula is C35H47FN6. The van der Waals surface area contributed by atoms with E-state index in [2.05, 4.69) is 16.4 Å². The maximum absolute atomic E-state index is 13.8. The second-order valence-electron chi connectivity index (χ2n) is 9.38. The second kappa shape index (κ2) is 18.2. The number of aromatic nitrogens is 2. The van der Waals surface area contributed by atoms with Gasteiger partial charge in [-0.05, 0) is 97.0 Å². The Kier molecular flexibility index (Phi) is 15.5. The van der Waals surface area contributed by atoms with Gasteiger partial charge in [-0.15, -0.1) is 0 Å². The van der Waals surface area contributed by atoms with Crippen LogP contribution in [0.4, 0.5) is 10.1 Å². The number of anilines is 1. The summed E-state index contributed by atoms with van der Waals surface area (Å²) in [6.45, 7) is 21.3. The number of fused-ring (bicyclic) bond motifs is 2. The lowest BCUT2D eigenvalue weighted by Gasteiger charge is -2.21. The molecule has 1 aliphatic carbocycles. The highest BCUT2D eigenvalue weighted by atomic mass is 19.1. The number of rotatable bonds is 8. The molecule has 1 aromatic carbocycles. The van der Waals surface area contributed by atoms with E-state index in [4.69, 9.17) is 9.98 Å². The van der Waals surface area contributed by atoms with Crippen molar-refractivity contribution in [3.63, 3.8) is 0 Å². The van der Waals surface area contributed by atoms with Gasteiger partial charge in [0, 0.05) is 17.5 Å². The predicted molar refractivity (Wildman–Crippen MR) is 179 cm³/mol. The van der Waals surface area contributed by atoms with E-state index in [9.17, 15) is 9.65 Å². The molecule has 2 aliphatic rings. The average molecular weight is 571 g/mol. The van der Waals surface area contributed by atoms with Gasteiger partial charge in [0.15, 0.2) is 0 Å². The number of alkyl halides is 1. The second-order valence-corrected chi connectivity index (χ2v) is 9.38. The SMILES string of the molecule is C/C=C\C(=C/N=C(C)C)Nc1cc2nc3cc(C#N)ccc3n(C(/C=C\C(C)F)=C/C)c-2cc1=NC(C)C.CC.CC. The van der Waals surface area contributed by atoms with E-state index in [1.165, 1.54) is 13.0 Å². The van der Waals surface area contributed by atoms with Gasteiger partial charge in [-0.1, -0.05) is 39.8 Å². The molecule has 6 nitrogen and oxygen atoms in total. The van der Waals surface area contributed by atoms with Crippen LogP contribution in [0.15, 0.2) is 82.6 Å². The number of nitrogens with zero attached hydrogens (tertiary/aromatic N) is 5. The number of nitrogens with one attached hydrogen (secondary N) is 1. The Balaban J connectivity index is 0.00000211. The number of hydrogen-bond donors (Lipinski definition) is 1. The quantitative estimate of drug-likeness (QED) is 0.166. The molecule has 0 amide bonds. The van der Waals surface area contributed by atoms with Crippen LogP contribution in [0.25, 0.3) is 28.1 Å². The molecule has 1 heterocycles. The molecule has 3 rings (SSSR count). The lowest BCUT2D eigenvalue weighted by molar-refractivity contribution is 0.430. The van der Waals surface area contributed by atoms with Crippen molar-refractivity contribution in [3.05, 3.63) is 83.5 Å². The Morgan fingerprint density at radius 1 is 1.05 bits per heavy atom. The van der Waals surface area contributed by atoms with Gasteiger partial charge < -0.3 is 9.88 Å². The molecule has 0 bridgehead atoms. The van der Waals surface area contributed by atoms with Crippen LogP contribution in [0, 0.1) is 11.3 Å². The first-order valence-electron chi connectivity index (χ1n) is 14.7. The summed E-state index contributed by atoms with van der Waals surface area (Å²) in [6.07, 6.45) is 9.80. The highest BCUT2D eigenvalue weighted by molar-refractivity contribution is 5.88. The number of nitriles is 1. The highest BCUT2D eigenvalue weighted by Crippen LogP contribution is 2.31. The van der Waals surface area contributed by atoms with Crippen molar-refractivity contribution < 1.29 is 4.39 Å². The molecule has 42 heavy (non-hydrogen) atoms. The summed E-state index contributed by atoms with van der Waals surface area (Å²) >= 11 is 0. The zero-order valence-corrected chi connectivity index (χ0v) is 27.1. The molecule has 0 spiro atoms. The predicted octanol–water partition coefficient (Wildman–Crippen LogP) is 9.46. The molecule has 224 valence electrons. The molecule has 0 saturated heterocycles. The topological polar surface area (TPSA) is 78.4 Å². The van der Waals surface area contributed by atoms with Gasteiger partial charge in [-0.25, -0.2) is 9.37 Å². The fraction of sp³-hybridized carbons (Fsp3) is 0.371. The van der Waals surface area contributed by atoms with Crippen molar-refractivity contribution >= 4 is 28.1 Å². The third kappa shape index (κ3) is 9.95. The fourth-order valence-electron chi connectivity index (χ4n) is 3.91. The van der Waals surface area contributed by atoms with Crippen LogP contribution in [0.2, 0.25) is 0 Å². The van der Waals surface area contributed by atoms with Gasteiger partial charge in [-0.3, -0.25) is 9.98 Å². The summed E-state index contributed by atoms with van der Waals surface area (Å²) in [6, 6.07) is 11.6. The molecule has 1 N–H and O–H groups in total. The van der Waals surface area contributed by atoms with E-state index in [0.29, 0.717) is 16.8 Å². The normalized spacial score (nSPS) is 13.1. The average Bonchev–Trinajstić information content (AvgIpc) is 2.97. The Morgan fingerprint density at radius 3 is 2.29 bits per heavy atom. The van der Waals surface area contributed by atoms with E-state index in [1.54, 1.807) is 24.4 Å². The first-order valence-corrected chi connectivity index (χ1v) is 14.7. The van der Waals surface area contributed by atoms with Crippen LogP contribution in [0.3, 0.4) is 0 Å². The van der Waals surface area contributed by atoms with Gasteiger partial charge in [0.05, 0.1) is 57.0 Å². The zero-order chi connectivity index (χ0) is 31.8. The highest BCUT2D eigenvalue weighted by Gasteiger charge is 2.18. The minimum Gasteiger partial charge on any atom is -0.352 e. The lowest BCUT2D eigenvalue weighted by atomic mass is 10.1. The van der Waals surface area contributed by atoms with E-state index >= 15 is 0 Å². The first kappa shape index (κ1) is 35.7. The van der Waals surface area contributed by atoms with Gasteiger partial charge in [-0.2, -0.15) is 5.26 Å². The molecule has 0 saturated carbocycles. The Bertz CT molecular complexity index is 1540. The monoisotopic (exact) mass is 570 g/mol. The van der Waals surface area contributed by atoms with Gasteiger partial charge in [0.25, 0.3) is 0 Å². The maximum atomic E-state index is 13.8. The van der Waals surface area contributed by atoms with Crippen molar-refractivity contribution in [1.82, 2.24) is 9.55 Å². The minimum atomic E-state index is -1.09. The summed E-state index contributed by atoms with van der Waals surface area (Å²) in [7, 11) is 0. The molecule has 0 aromatic heterocycles. The largest absolute Gasteiger partial charge is 0.352 e. The van der Waals surface area contributed by atoms with Crippen LogP contribution < -0.4 is 10.7 Å². The number of hydrogen-bond acceptors (Lipinski definition) is 5. The van der Waals surface area contributed by atoms with Crippen molar-refractivity contribution in [2.24, 2.45) is 9.98 Å². The lowest BCUT2D eigenvalue weighted by Crippen LogP contribution is -2.18. The molecule has 7 heteroatoms. The van der Waals surface area contributed by atoms with E-state index in [0.717, 1.165) is 39.4 Å². The fourth-order valence-corrected chi connectivity index (χ4v) is 3.91. The van der Waals surface area contributed by atoms with Crippen LogP contribution in [0.1, 0.15) is 81.7 Å². The van der Waals surface area contributed by atoms with Crippen LogP contribution in [-0.4, -0.2) is 27.5 Å². The number of allylic oxidation sites excluding steroid dienone is 6. The summed E-state index contributed by atoms with van der Waals surface area (Å²) < 4.78 is 15.8. The Labute approximate surface area is 251 Å². The van der Waals surface area contributed by atoms with Crippen molar-refractivity contribution in [1.29, 1.82) is 5.26 Å². The summed E-state index contributed by atoms with van der Waals surface area (Å²) in [4.78, 5) is 14.3. The molecule has 1 aromatic rings. The standard InChI is InChI=1S/C31H35FN6.2C2H6/c1-8-10-24(19-34-20(3)4)36-26-16-29-31(17-27(26)35-21(5)6)38(25(9-2)13-11-22(7)32)30-14-12-23(18-33)15-28(30)37-29;2*1-2/h8-17,19,21-22,36H,1-7H3;2*1-2H3/b10-8-,13-11-,24-19+,25-9+,35-27?;;. The summed E-state index contributed by atoms with van der Waals surface area (Å²) in [5.41, 5.74) is 6.82. The molecule has 1 unspecified atom stereocenters. The van der Waals surface area contributed by atoms with Gasteiger partial charge >= 0.3 is 0 Å².